The second kappa shape index (κ2) is 4.24. The first kappa shape index (κ1) is 10.0. The van der Waals surface area contributed by atoms with Gasteiger partial charge in [0, 0.05) is 6.04 Å². The highest BCUT2D eigenvalue weighted by Crippen LogP contribution is 2.21. The first-order chi connectivity index (χ1) is 5.61. The van der Waals surface area contributed by atoms with E-state index in [1.807, 2.05) is 0 Å². The lowest BCUT2D eigenvalue weighted by Crippen LogP contribution is -2.40. The van der Waals surface area contributed by atoms with Gasteiger partial charge in [0.2, 0.25) is 0 Å². The minimum atomic E-state index is 0.749. The minimum absolute atomic E-state index is 0.749. The first-order valence-electron chi connectivity index (χ1n) is 4.96. The van der Waals surface area contributed by atoms with Gasteiger partial charge in [-0.1, -0.05) is 0 Å². The SMILES string of the molecule is C[C@@H](C1CCN(C)CC1)N(C)C. The highest BCUT2D eigenvalue weighted by Gasteiger charge is 2.22. The average Bonchev–Trinajstić information content (AvgIpc) is 2.04. The van der Waals surface area contributed by atoms with Gasteiger partial charge in [-0.15, -0.1) is 0 Å². The molecule has 1 aliphatic rings. The van der Waals surface area contributed by atoms with Crippen LogP contribution in [0, 0.1) is 5.92 Å². The van der Waals surface area contributed by atoms with E-state index < -0.39 is 0 Å². The van der Waals surface area contributed by atoms with E-state index in [1.165, 1.54) is 25.9 Å². The van der Waals surface area contributed by atoms with Gasteiger partial charge < -0.3 is 9.80 Å². The Morgan fingerprint density at radius 1 is 1.25 bits per heavy atom. The number of piperidine rings is 1. The normalized spacial score (nSPS) is 24.8. The van der Waals surface area contributed by atoms with Crippen molar-refractivity contribution in [3.8, 4) is 0 Å². The molecule has 1 saturated heterocycles. The predicted octanol–water partition coefficient (Wildman–Crippen LogP) is 1.28. The summed E-state index contributed by atoms with van der Waals surface area (Å²) in [6.07, 6.45) is 2.74. The van der Waals surface area contributed by atoms with E-state index >= 15 is 0 Å². The molecule has 0 radical (unpaired) electrons. The molecule has 0 aliphatic carbocycles. The van der Waals surface area contributed by atoms with E-state index in [-0.39, 0.29) is 0 Å². The van der Waals surface area contributed by atoms with Crippen molar-refractivity contribution in [2.24, 2.45) is 5.92 Å². The number of hydrogen-bond donors (Lipinski definition) is 0. The number of rotatable bonds is 2. The van der Waals surface area contributed by atoms with Crippen LogP contribution in [0.2, 0.25) is 0 Å². The van der Waals surface area contributed by atoms with Crippen LogP contribution in [0.15, 0.2) is 0 Å². The van der Waals surface area contributed by atoms with Gasteiger partial charge in [-0.25, -0.2) is 0 Å². The summed E-state index contributed by atoms with van der Waals surface area (Å²) in [5.74, 6) is 0.913. The number of hydrogen-bond acceptors (Lipinski definition) is 2. The second-order valence-corrected chi connectivity index (χ2v) is 4.34. The minimum Gasteiger partial charge on any atom is -0.306 e. The molecule has 0 bridgehead atoms. The van der Waals surface area contributed by atoms with Gasteiger partial charge in [-0.05, 0) is 59.9 Å². The van der Waals surface area contributed by atoms with E-state index in [0.29, 0.717) is 0 Å². The maximum absolute atomic E-state index is 2.43. The molecule has 0 saturated carbocycles. The van der Waals surface area contributed by atoms with Gasteiger partial charge in [-0.2, -0.15) is 0 Å². The van der Waals surface area contributed by atoms with Crippen LogP contribution in [0.3, 0.4) is 0 Å². The zero-order chi connectivity index (χ0) is 9.14. The van der Waals surface area contributed by atoms with Crippen LogP contribution in [0.25, 0.3) is 0 Å². The molecular weight excluding hydrogens is 148 g/mol. The molecule has 2 nitrogen and oxygen atoms in total. The molecule has 0 spiro atoms. The van der Waals surface area contributed by atoms with Crippen LogP contribution in [0.5, 0.6) is 0 Å². The molecule has 0 aromatic carbocycles. The maximum atomic E-state index is 2.43. The van der Waals surface area contributed by atoms with Crippen molar-refractivity contribution in [3.63, 3.8) is 0 Å². The Hall–Kier alpha value is -0.0800. The van der Waals surface area contributed by atoms with E-state index in [1.54, 1.807) is 0 Å². The number of likely N-dealkylation sites (tertiary alicyclic amines) is 1. The third-order valence-electron chi connectivity index (χ3n) is 3.26. The summed E-state index contributed by atoms with van der Waals surface area (Å²) in [5.41, 5.74) is 0. The van der Waals surface area contributed by atoms with Gasteiger partial charge in [0.25, 0.3) is 0 Å². The molecule has 72 valence electrons. The molecule has 0 aromatic rings. The van der Waals surface area contributed by atoms with Crippen LogP contribution in [-0.4, -0.2) is 50.1 Å². The summed E-state index contributed by atoms with van der Waals surface area (Å²) in [7, 11) is 6.59. The molecule has 1 atom stereocenters. The van der Waals surface area contributed by atoms with Gasteiger partial charge in [-0.3, -0.25) is 0 Å². The van der Waals surface area contributed by atoms with Crippen molar-refractivity contribution in [2.75, 3.05) is 34.2 Å². The van der Waals surface area contributed by atoms with Crippen LogP contribution in [0.1, 0.15) is 19.8 Å². The smallest absolute Gasteiger partial charge is 0.00900 e. The van der Waals surface area contributed by atoms with Crippen molar-refractivity contribution in [3.05, 3.63) is 0 Å². The highest BCUT2D eigenvalue weighted by molar-refractivity contribution is 4.77. The van der Waals surface area contributed by atoms with E-state index in [0.717, 1.165) is 12.0 Å². The fourth-order valence-electron chi connectivity index (χ4n) is 1.93. The molecule has 0 unspecified atom stereocenters. The molecule has 1 fully saturated rings. The summed E-state index contributed by atoms with van der Waals surface area (Å²) >= 11 is 0. The van der Waals surface area contributed by atoms with Crippen molar-refractivity contribution in [2.45, 2.75) is 25.8 Å². The molecule has 1 rings (SSSR count). The Labute approximate surface area is 76.5 Å². The Morgan fingerprint density at radius 2 is 1.75 bits per heavy atom. The Morgan fingerprint density at radius 3 is 2.17 bits per heavy atom. The molecule has 0 aromatic heterocycles. The first-order valence-corrected chi connectivity index (χ1v) is 4.96. The Kier molecular flexibility index (Phi) is 3.53. The van der Waals surface area contributed by atoms with Gasteiger partial charge in [0.05, 0.1) is 0 Å². The molecule has 2 heteroatoms. The zero-order valence-corrected chi connectivity index (χ0v) is 8.88. The van der Waals surface area contributed by atoms with Crippen LogP contribution >= 0.6 is 0 Å². The monoisotopic (exact) mass is 170 g/mol. The lowest BCUT2D eigenvalue weighted by atomic mass is 9.90. The van der Waals surface area contributed by atoms with E-state index in [2.05, 4.69) is 37.9 Å². The predicted molar refractivity (Wildman–Crippen MR) is 53.4 cm³/mol. The molecule has 0 N–H and O–H groups in total. The van der Waals surface area contributed by atoms with Crippen molar-refractivity contribution < 1.29 is 0 Å². The largest absolute Gasteiger partial charge is 0.306 e. The second-order valence-electron chi connectivity index (χ2n) is 4.34. The standard InChI is InChI=1S/C10H22N2/c1-9(11(2)3)10-5-7-12(4)8-6-10/h9-10H,5-8H2,1-4H3/t9-/m0/s1. The number of nitrogens with zero attached hydrogens (tertiary/aromatic N) is 2. The van der Waals surface area contributed by atoms with E-state index in [9.17, 15) is 0 Å². The fraction of sp³-hybridized carbons (Fsp3) is 1.00. The highest BCUT2D eigenvalue weighted by atomic mass is 15.1. The molecule has 0 amide bonds. The zero-order valence-electron chi connectivity index (χ0n) is 8.88. The van der Waals surface area contributed by atoms with Gasteiger partial charge in [0.1, 0.15) is 0 Å². The van der Waals surface area contributed by atoms with Gasteiger partial charge >= 0.3 is 0 Å². The Bertz CT molecular complexity index is 126. The summed E-state index contributed by atoms with van der Waals surface area (Å²) in [4.78, 5) is 4.77. The Balaban J connectivity index is 2.34. The third kappa shape index (κ3) is 2.46. The molecule has 12 heavy (non-hydrogen) atoms. The quantitative estimate of drug-likeness (QED) is 0.616. The van der Waals surface area contributed by atoms with Crippen molar-refractivity contribution in [1.82, 2.24) is 9.80 Å². The lowest BCUT2D eigenvalue weighted by molar-refractivity contribution is 0.141. The topological polar surface area (TPSA) is 6.48 Å². The van der Waals surface area contributed by atoms with Crippen LogP contribution in [-0.2, 0) is 0 Å². The summed E-state index contributed by atoms with van der Waals surface area (Å²) in [6, 6.07) is 0.749. The van der Waals surface area contributed by atoms with Crippen LogP contribution in [0.4, 0.5) is 0 Å². The summed E-state index contributed by atoms with van der Waals surface area (Å²) < 4.78 is 0. The third-order valence-corrected chi connectivity index (χ3v) is 3.26. The lowest BCUT2D eigenvalue weighted by Gasteiger charge is -2.35. The summed E-state index contributed by atoms with van der Waals surface area (Å²) in [6.45, 7) is 4.90. The molecule has 1 heterocycles. The van der Waals surface area contributed by atoms with Crippen LogP contribution < -0.4 is 0 Å². The van der Waals surface area contributed by atoms with E-state index in [4.69, 9.17) is 0 Å². The van der Waals surface area contributed by atoms with Crippen molar-refractivity contribution >= 4 is 0 Å². The van der Waals surface area contributed by atoms with Gasteiger partial charge in [0.15, 0.2) is 0 Å². The molecule has 1 aliphatic heterocycles. The molecular formula is C10H22N2. The average molecular weight is 170 g/mol. The maximum Gasteiger partial charge on any atom is 0.00900 e. The van der Waals surface area contributed by atoms with Crippen molar-refractivity contribution in [1.29, 1.82) is 0 Å². The fourth-order valence-corrected chi connectivity index (χ4v) is 1.93. The summed E-state index contributed by atoms with van der Waals surface area (Å²) in [5, 5.41) is 0.